The van der Waals surface area contributed by atoms with Crippen LogP contribution in [0.2, 0.25) is 0 Å². The van der Waals surface area contributed by atoms with Gasteiger partial charge in [0, 0.05) is 11.5 Å². The van der Waals surface area contributed by atoms with Crippen LogP contribution in [0.4, 0.5) is 4.79 Å². The molecular weight excluding hydrogens is 502 g/mol. The fourth-order valence-electron chi connectivity index (χ4n) is 4.07. The lowest BCUT2D eigenvalue weighted by molar-refractivity contribution is -0.166. The van der Waals surface area contributed by atoms with Crippen LogP contribution in [0.15, 0.2) is 59.2 Å². The van der Waals surface area contributed by atoms with E-state index < -0.39 is 29.2 Å². The van der Waals surface area contributed by atoms with E-state index in [4.69, 9.17) is 23.4 Å². The quantitative estimate of drug-likeness (QED) is 0.177. The third kappa shape index (κ3) is 7.99. The zero-order valence-corrected chi connectivity index (χ0v) is 23.2. The van der Waals surface area contributed by atoms with Crippen LogP contribution in [0.1, 0.15) is 58.6 Å². The van der Waals surface area contributed by atoms with Gasteiger partial charge < -0.3 is 23.4 Å². The third-order valence-electron chi connectivity index (χ3n) is 5.84. The molecule has 1 amide bonds. The molecule has 39 heavy (non-hydrogen) atoms. The number of hydrogen-bond acceptors (Lipinski definition) is 8. The van der Waals surface area contributed by atoms with Crippen molar-refractivity contribution in [2.45, 2.75) is 71.6 Å². The van der Waals surface area contributed by atoms with Gasteiger partial charge in [-0.2, -0.15) is 0 Å². The predicted octanol–water partition coefficient (Wildman–Crippen LogP) is 5.72. The van der Waals surface area contributed by atoms with Gasteiger partial charge in [-0.1, -0.05) is 30.3 Å². The van der Waals surface area contributed by atoms with Gasteiger partial charge in [0.2, 0.25) is 5.54 Å². The minimum absolute atomic E-state index is 0.0248. The number of aryl methyl sites for hydroxylation is 1. The Balaban J connectivity index is 1.75. The van der Waals surface area contributed by atoms with Gasteiger partial charge in [-0.05, 0) is 77.1 Å². The lowest BCUT2D eigenvalue weighted by atomic mass is 9.91. The Morgan fingerprint density at radius 2 is 1.59 bits per heavy atom. The van der Waals surface area contributed by atoms with Gasteiger partial charge >= 0.3 is 18.0 Å². The summed E-state index contributed by atoms with van der Waals surface area (Å²) < 4.78 is 27.4. The van der Waals surface area contributed by atoms with Crippen LogP contribution in [0, 0.1) is 0 Å². The zero-order valence-electron chi connectivity index (χ0n) is 23.2. The molecule has 0 aliphatic rings. The van der Waals surface area contributed by atoms with E-state index in [1.807, 2.05) is 48.5 Å². The number of esters is 2. The molecule has 0 fully saturated rings. The Bertz CT molecular complexity index is 1240. The van der Waals surface area contributed by atoms with Crippen LogP contribution in [-0.2, 0) is 36.8 Å². The smallest absolute Gasteiger partial charge is 0.409 e. The molecule has 0 saturated heterocycles. The van der Waals surface area contributed by atoms with Crippen molar-refractivity contribution in [3.05, 3.63) is 65.9 Å². The van der Waals surface area contributed by atoms with Crippen LogP contribution in [0.5, 0.6) is 5.75 Å². The summed E-state index contributed by atoms with van der Waals surface area (Å²) in [5.74, 6) is -1.12. The standard InChI is InChI=1S/C30H37NO8/c1-6-35-26(32)30(27(33)36-7-2,31-28(34)39-29(3,4)5)17-11-14-22-20-38-25-18-23(15-16-24(22)25)37-19-21-12-9-8-10-13-21/h8-10,12-13,15-16,18,20H,6-7,11,14,17,19H2,1-5H3,(H,31,34). The molecule has 0 radical (unpaired) electrons. The highest BCUT2D eigenvalue weighted by atomic mass is 16.6. The fraction of sp³-hybridized carbons (Fsp3) is 0.433. The topological polar surface area (TPSA) is 113 Å². The van der Waals surface area contributed by atoms with E-state index in [1.165, 1.54) is 0 Å². The SMILES string of the molecule is CCOC(=O)C(CCCc1coc2cc(OCc3ccccc3)ccc12)(NC(=O)OC(C)(C)C)C(=O)OCC. The Kier molecular flexibility index (Phi) is 9.98. The van der Waals surface area contributed by atoms with E-state index in [1.54, 1.807) is 40.9 Å². The van der Waals surface area contributed by atoms with Crippen LogP contribution in [0.25, 0.3) is 11.0 Å². The van der Waals surface area contributed by atoms with Gasteiger partial charge in [0.25, 0.3) is 0 Å². The number of amides is 1. The van der Waals surface area contributed by atoms with Crippen molar-refractivity contribution in [2.75, 3.05) is 13.2 Å². The number of fused-ring (bicyclic) bond motifs is 1. The van der Waals surface area contributed by atoms with Gasteiger partial charge in [-0.25, -0.2) is 14.4 Å². The maximum Gasteiger partial charge on any atom is 0.409 e. The van der Waals surface area contributed by atoms with E-state index in [0.717, 1.165) is 16.5 Å². The normalized spacial score (nSPS) is 11.6. The summed E-state index contributed by atoms with van der Waals surface area (Å²) >= 11 is 0. The number of carbonyl (C=O) groups excluding carboxylic acids is 3. The average molecular weight is 540 g/mol. The molecule has 3 aromatic rings. The van der Waals surface area contributed by atoms with Crippen LogP contribution >= 0.6 is 0 Å². The molecule has 3 rings (SSSR count). The third-order valence-corrected chi connectivity index (χ3v) is 5.84. The molecule has 9 heteroatoms. The number of carbonyl (C=O) groups is 3. The zero-order chi connectivity index (χ0) is 28.5. The number of alkyl carbamates (subject to hydrolysis) is 1. The van der Waals surface area contributed by atoms with Gasteiger partial charge in [0.05, 0.1) is 19.5 Å². The number of nitrogens with one attached hydrogen (secondary N) is 1. The summed E-state index contributed by atoms with van der Waals surface area (Å²) in [6.07, 6.45) is 1.47. The van der Waals surface area contributed by atoms with Crippen molar-refractivity contribution in [1.29, 1.82) is 0 Å². The molecular formula is C30H37NO8. The van der Waals surface area contributed by atoms with Crippen molar-refractivity contribution in [2.24, 2.45) is 0 Å². The van der Waals surface area contributed by atoms with Crippen molar-refractivity contribution in [3.8, 4) is 5.75 Å². The second kappa shape index (κ2) is 13.2. The first kappa shape index (κ1) is 29.5. The first-order valence-corrected chi connectivity index (χ1v) is 13.1. The summed E-state index contributed by atoms with van der Waals surface area (Å²) in [5.41, 5.74) is -0.280. The fourth-order valence-corrected chi connectivity index (χ4v) is 4.07. The molecule has 1 aromatic heterocycles. The number of furan rings is 1. The maximum atomic E-state index is 13.1. The second-order valence-electron chi connectivity index (χ2n) is 10.0. The van der Waals surface area contributed by atoms with Crippen LogP contribution in [-0.4, -0.2) is 42.4 Å². The van der Waals surface area contributed by atoms with Crippen molar-refractivity contribution in [3.63, 3.8) is 0 Å². The summed E-state index contributed by atoms with van der Waals surface area (Å²) in [5, 5.41) is 3.35. The van der Waals surface area contributed by atoms with Crippen molar-refractivity contribution >= 4 is 29.0 Å². The number of benzene rings is 2. The Labute approximate surface area is 228 Å². The van der Waals surface area contributed by atoms with Gasteiger partial charge in [0.1, 0.15) is 23.5 Å². The molecule has 210 valence electrons. The van der Waals surface area contributed by atoms with Gasteiger partial charge in [0.15, 0.2) is 0 Å². The molecule has 0 atom stereocenters. The maximum absolute atomic E-state index is 13.1. The van der Waals surface area contributed by atoms with E-state index in [0.29, 0.717) is 30.8 Å². The lowest BCUT2D eigenvalue weighted by Crippen LogP contribution is -2.62. The predicted molar refractivity (Wildman–Crippen MR) is 145 cm³/mol. The van der Waals surface area contributed by atoms with Gasteiger partial charge in [-0.3, -0.25) is 5.32 Å². The van der Waals surface area contributed by atoms with Gasteiger partial charge in [-0.15, -0.1) is 0 Å². The monoisotopic (exact) mass is 539 g/mol. The number of ether oxygens (including phenoxy) is 4. The molecule has 0 unspecified atom stereocenters. The number of rotatable bonds is 12. The van der Waals surface area contributed by atoms with E-state index in [9.17, 15) is 14.4 Å². The van der Waals surface area contributed by atoms with E-state index in [2.05, 4.69) is 5.32 Å². The molecule has 9 nitrogen and oxygen atoms in total. The first-order chi connectivity index (χ1) is 18.6. The van der Waals surface area contributed by atoms with Crippen molar-refractivity contribution < 1.29 is 37.7 Å². The molecule has 0 aliphatic heterocycles. The highest BCUT2D eigenvalue weighted by Crippen LogP contribution is 2.29. The summed E-state index contributed by atoms with van der Waals surface area (Å²) in [6.45, 7) is 8.79. The highest BCUT2D eigenvalue weighted by Gasteiger charge is 2.50. The Morgan fingerprint density at radius 3 is 2.21 bits per heavy atom. The molecule has 0 saturated carbocycles. The molecule has 1 N–H and O–H groups in total. The van der Waals surface area contributed by atoms with Crippen LogP contribution < -0.4 is 10.1 Å². The molecule has 2 aromatic carbocycles. The van der Waals surface area contributed by atoms with Crippen LogP contribution in [0.3, 0.4) is 0 Å². The summed E-state index contributed by atoms with van der Waals surface area (Å²) in [6, 6.07) is 15.5. The Hall–Kier alpha value is -4.01. The second-order valence-corrected chi connectivity index (χ2v) is 10.0. The average Bonchev–Trinajstić information content (AvgIpc) is 3.28. The summed E-state index contributed by atoms with van der Waals surface area (Å²) in [7, 11) is 0. The lowest BCUT2D eigenvalue weighted by Gasteiger charge is -2.31. The molecule has 0 aliphatic carbocycles. The largest absolute Gasteiger partial charge is 0.489 e. The van der Waals surface area contributed by atoms with E-state index >= 15 is 0 Å². The van der Waals surface area contributed by atoms with Crippen molar-refractivity contribution in [1.82, 2.24) is 5.32 Å². The Morgan fingerprint density at radius 1 is 0.923 bits per heavy atom. The minimum atomic E-state index is -2.05. The molecule has 1 heterocycles. The highest BCUT2D eigenvalue weighted by molar-refractivity contribution is 6.07. The first-order valence-electron chi connectivity index (χ1n) is 13.1. The molecule has 0 bridgehead atoms. The number of hydrogen-bond donors (Lipinski definition) is 1. The molecule has 0 spiro atoms. The minimum Gasteiger partial charge on any atom is -0.489 e. The van der Waals surface area contributed by atoms with E-state index in [-0.39, 0.29) is 19.6 Å². The summed E-state index contributed by atoms with van der Waals surface area (Å²) in [4.78, 5) is 38.8.